The van der Waals surface area contributed by atoms with Gasteiger partial charge in [-0.2, -0.15) is 0 Å². The quantitative estimate of drug-likeness (QED) is 0.262. The average molecular weight is 493 g/mol. The summed E-state index contributed by atoms with van der Waals surface area (Å²) in [5.74, 6) is 1.13. The van der Waals surface area contributed by atoms with Gasteiger partial charge in [0, 0.05) is 26.7 Å². The Bertz CT molecular complexity index is 700. The molecule has 27 heavy (non-hydrogen) atoms. The lowest BCUT2D eigenvalue weighted by Gasteiger charge is -2.32. The maximum absolute atomic E-state index is 3.68. The van der Waals surface area contributed by atoms with Gasteiger partial charge in [0.15, 0.2) is 0 Å². The Labute approximate surface area is 182 Å². The van der Waals surface area contributed by atoms with Gasteiger partial charge < -0.3 is 4.90 Å². The van der Waals surface area contributed by atoms with Gasteiger partial charge in [-0.05, 0) is 62.4 Å². The van der Waals surface area contributed by atoms with E-state index < -0.39 is 0 Å². The van der Waals surface area contributed by atoms with Crippen LogP contribution in [-0.2, 0) is 0 Å². The fourth-order valence-electron chi connectivity index (χ4n) is 3.30. The molecule has 0 aromatic heterocycles. The molecule has 1 aliphatic rings. The summed E-state index contributed by atoms with van der Waals surface area (Å²) in [4.78, 5) is 2.85. The lowest BCUT2D eigenvalue weighted by Crippen LogP contribution is -2.31. The largest absolute Gasteiger partial charge is 0.335 e. The highest BCUT2D eigenvalue weighted by atomic mass is 79.9. The maximum Gasteiger partial charge on any atom is 0.0494 e. The van der Waals surface area contributed by atoms with Crippen LogP contribution in [0.2, 0.25) is 0 Å². The number of hydrogen-bond donors (Lipinski definition) is 0. The highest BCUT2D eigenvalue weighted by molar-refractivity contribution is 9.10. The predicted octanol–water partition coefficient (Wildman–Crippen LogP) is 8.05. The van der Waals surface area contributed by atoms with Gasteiger partial charge in [0.25, 0.3) is 0 Å². The molecule has 0 fully saturated rings. The minimum absolute atomic E-state index is 0.269. The molecule has 1 aliphatic carbocycles. The fraction of sp³-hybridized carbons (Fsp3) is 0.417. The average Bonchev–Trinajstić information content (AvgIpc) is 2.67. The van der Waals surface area contributed by atoms with Crippen molar-refractivity contribution < 1.29 is 0 Å². The summed E-state index contributed by atoms with van der Waals surface area (Å²) in [5.41, 5.74) is 2.47. The van der Waals surface area contributed by atoms with Crippen molar-refractivity contribution in [2.24, 2.45) is 11.8 Å². The summed E-state index contributed by atoms with van der Waals surface area (Å²) >= 11 is 7.23. The normalized spacial score (nSPS) is 20.7. The van der Waals surface area contributed by atoms with Crippen LogP contribution in [0.4, 0.5) is 5.69 Å². The third-order valence-electron chi connectivity index (χ3n) is 5.15. The molecule has 4 atom stereocenters. The van der Waals surface area contributed by atoms with E-state index >= 15 is 0 Å². The number of anilines is 1. The molecule has 1 nitrogen and oxygen atoms in total. The highest BCUT2D eigenvalue weighted by Gasteiger charge is 2.19. The first-order valence-corrected chi connectivity index (χ1v) is 11.6. The van der Waals surface area contributed by atoms with E-state index in [-0.39, 0.29) is 6.04 Å². The predicted molar refractivity (Wildman–Crippen MR) is 128 cm³/mol. The molecule has 1 aromatic rings. The van der Waals surface area contributed by atoms with Crippen molar-refractivity contribution in [1.82, 2.24) is 0 Å². The molecule has 3 heteroatoms. The molecule has 0 bridgehead atoms. The summed E-state index contributed by atoms with van der Waals surface area (Å²) in [6.45, 7) is 8.97. The Morgan fingerprint density at radius 3 is 2.41 bits per heavy atom. The fourth-order valence-corrected chi connectivity index (χ4v) is 3.90. The second-order valence-electron chi connectivity index (χ2n) is 7.20. The Balaban J connectivity index is 2.30. The zero-order valence-electron chi connectivity index (χ0n) is 16.8. The van der Waals surface area contributed by atoms with Crippen LogP contribution in [0.15, 0.2) is 77.0 Å². The van der Waals surface area contributed by atoms with Crippen LogP contribution < -0.4 is 4.90 Å². The SMILES string of the molecule is CC=CC(/C=C\C(C)N(C1=CCC(Br)C=C1)c1ccc(Br)cc1)C(C)CC. The van der Waals surface area contributed by atoms with Crippen LogP contribution in [0.5, 0.6) is 0 Å². The third kappa shape index (κ3) is 6.50. The van der Waals surface area contributed by atoms with E-state index in [4.69, 9.17) is 0 Å². The molecular weight excluding hydrogens is 462 g/mol. The minimum Gasteiger partial charge on any atom is -0.335 e. The zero-order chi connectivity index (χ0) is 19.8. The van der Waals surface area contributed by atoms with Crippen LogP contribution in [0.1, 0.15) is 40.5 Å². The topological polar surface area (TPSA) is 3.24 Å². The van der Waals surface area contributed by atoms with Crippen molar-refractivity contribution in [1.29, 1.82) is 0 Å². The Hall–Kier alpha value is -1.06. The smallest absolute Gasteiger partial charge is 0.0494 e. The molecule has 0 saturated carbocycles. The molecule has 0 radical (unpaired) electrons. The number of benzene rings is 1. The molecule has 0 amide bonds. The van der Waals surface area contributed by atoms with Crippen LogP contribution in [0.3, 0.4) is 0 Å². The van der Waals surface area contributed by atoms with Gasteiger partial charge in [0.2, 0.25) is 0 Å². The van der Waals surface area contributed by atoms with Crippen molar-refractivity contribution in [2.45, 2.75) is 51.4 Å². The van der Waals surface area contributed by atoms with E-state index in [1.807, 2.05) is 0 Å². The van der Waals surface area contributed by atoms with Crippen LogP contribution in [-0.4, -0.2) is 10.9 Å². The first-order valence-electron chi connectivity index (χ1n) is 9.84. The molecule has 0 aliphatic heterocycles. The second kappa shape index (κ2) is 11.1. The van der Waals surface area contributed by atoms with E-state index in [2.05, 4.69) is 131 Å². The van der Waals surface area contributed by atoms with Crippen molar-refractivity contribution in [3.8, 4) is 0 Å². The standard InChI is InChI=1S/C24H31Br2N/c1-5-7-20(18(3)6-2)9-8-19(4)27(23-14-10-21(25)11-15-23)24-16-12-22(26)13-17-24/h5,7-12,14-20,22H,6,13H2,1-4H3/b7-5?,9-8-. The molecule has 4 unspecified atom stereocenters. The molecular formula is C24H31Br2N. The Morgan fingerprint density at radius 1 is 1.15 bits per heavy atom. The summed E-state index contributed by atoms with van der Waals surface area (Å²) in [6.07, 6.45) is 18.2. The number of alkyl halides is 1. The van der Waals surface area contributed by atoms with Crippen molar-refractivity contribution >= 4 is 37.5 Å². The number of allylic oxidation sites excluding steroid dienone is 6. The van der Waals surface area contributed by atoms with E-state index in [1.165, 1.54) is 17.8 Å². The molecule has 146 valence electrons. The molecule has 1 aromatic carbocycles. The Morgan fingerprint density at radius 2 is 1.85 bits per heavy atom. The number of hydrogen-bond acceptors (Lipinski definition) is 1. The molecule has 2 rings (SSSR count). The number of nitrogens with zero attached hydrogens (tertiary/aromatic N) is 1. The number of rotatable bonds is 8. The summed E-state index contributed by atoms with van der Waals surface area (Å²) in [6, 6.07) is 8.86. The van der Waals surface area contributed by atoms with Crippen molar-refractivity contribution in [3.05, 3.63) is 77.0 Å². The molecule has 0 spiro atoms. The van der Waals surface area contributed by atoms with Crippen molar-refractivity contribution in [2.75, 3.05) is 4.90 Å². The first kappa shape index (κ1) is 22.2. The van der Waals surface area contributed by atoms with E-state index in [0.717, 1.165) is 10.9 Å². The van der Waals surface area contributed by atoms with Crippen LogP contribution in [0, 0.1) is 11.8 Å². The molecule has 0 heterocycles. The monoisotopic (exact) mass is 491 g/mol. The molecule has 0 N–H and O–H groups in total. The van der Waals surface area contributed by atoms with Gasteiger partial charge >= 0.3 is 0 Å². The van der Waals surface area contributed by atoms with Crippen LogP contribution in [0.25, 0.3) is 0 Å². The van der Waals surface area contributed by atoms with Crippen LogP contribution >= 0.6 is 31.9 Å². The second-order valence-corrected chi connectivity index (χ2v) is 9.29. The van der Waals surface area contributed by atoms with Gasteiger partial charge in [-0.25, -0.2) is 0 Å². The van der Waals surface area contributed by atoms with Gasteiger partial charge in [0.1, 0.15) is 0 Å². The van der Waals surface area contributed by atoms with Gasteiger partial charge in [-0.1, -0.05) is 88.6 Å². The Kier molecular flexibility index (Phi) is 9.11. The summed E-state index contributed by atoms with van der Waals surface area (Å²) < 4.78 is 1.10. The lowest BCUT2D eigenvalue weighted by atomic mass is 9.90. The summed E-state index contributed by atoms with van der Waals surface area (Å²) in [7, 11) is 0. The lowest BCUT2D eigenvalue weighted by molar-refractivity contribution is 0.481. The maximum atomic E-state index is 3.68. The van der Waals surface area contributed by atoms with Gasteiger partial charge in [0.05, 0.1) is 0 Å². The third-order valence-corrected chi connectivity index (χ3v) is 6.35. The van der Waals surface area contributed by atoms with Gasteiger partial charge in [-0.15, -0.1) is 0 Å². The van der Waals surface area contributed by atoms with Crippen molar-refractivity contribution in [3.63, 3.8) is 0 Å². The first-order chi connectivity index (χ1) is 13.0. The summed E-state index contributed by atoms with van der Waals surface area (Å²) in [5, 5.41) is 0. The molecule has 0 saturated heterocycles. The van der Waals surface area contributed by atoms with E-state index in [0.29, 0.717) is 16.7 Å². The number of halogens is 2. The minimum atomic E-state index is 0.269. The van der Waals surface area contributed by atoms with Gasteiger partial charge in [-0.3, -0.25) is 0 Å². The zero-order valence-corrected chi connectivity index (χ0v) is 19.9. The van der Waals surface area contributed by atoms with E-state index in [9.17, 15) is 0 Å². The highest BCUT2D eigenvalue weighted by Crippen LogP contribution is 2.29. The van der Waals surface area contributed by atoms with E-state index in [1.54, 1.807) is 0 Å².